The molecule has 0 aliphatic rings. The average molecular weight is 383 g/mol. The van der Waals surface area contributed by atoms with Crippen molar-refractivity contribution in [3.63, 3.8) is 0 Å². The van der Waals surface area contributed by atoms with Gasteiger partial charge in [-0.3, -0.25) is 4.79 Å². The molecule has 1 amide bonds. The molecule has 0 heterocycles. The molecule has 0 aromatic heterocycles. The topological polar surface area (TPSA) is 135 Å². The van der Waals surface area contributed by atoms with E-state index in [1.54, 1.807) is 0 Å². The predicted molar refractivity (Wildman–Crippen MR) is 91.3 cm³/mol. The van der Waals surface area contributed by atoms with E-state index in [1.165, 1.54) is 0 Å². The number of hydrogen-bond acceptors (Lipinski definition) is 5. The Bertz CT molecular complexity index is 940. The Kier molecular flexibility index (Phi) is 5.90. The fraction of sp³-hybridized carbons (Fsp3) is 0.133. The minimum atomic E-state index is -3.95. The van der Waals surface area contributed by atoms with E-state index in [-0.39, 0.29) is 16.3 Å². The first-order valence-electron chi connectivity index (χ1n) is 7.12. The third kappa shape index (κ3) is 5.64. The molecule has 8 nitrogen and oxygen atoms in total. The standard InChI is InChI=1S/C15H17N3O5S2/c16-24(20,21)13-6-8-14(9-7-13)25(22,23)18-11-15(19)17-10-12-4-2-1-3-5-12/h1-9,18H,10-11H2,(H,17,19)(H2,16,20,21). The van der Waals surface area contributed by atoms with Gasteiger partial charge < -0.3 is 5.32 Å². The van der Waals surface area contributed by atoms with E-state index in [4.69, 9.17) is 5.14 Å². The van der Waals surface area contributed by atoms with Crippen molar-refractivity contribution in [1.82, 2.24) is 10.0 Å². The van der Waals surface area contributed by atoms with Crippen LogP contribution in [0.5, 0.6) is 0 Å². The van der Waals surface area contributed by atoms with E-state index >= 15 is 0 Å². The third-order valence-electron chi connectivity index (χ3n) is 3.22. The maximum Gasteiger partial charge on any atom is 0.241 e. The molecule has 2 aromatic rings. The second-order valence-corrected chi connectivity index (χ2v) is 8.43. The van der Waals surface area contributed by atoms with Gasteiger partial charge in [0.25, 0.3) is 0 Å². The highest BCUT2D eigenvalue weighted by molar-refractivity contribution is 7.89. The summed E-state index contributed by atoms with van der Waals surface area (Å²) in [6, 6.07) is 13.5. The van der Waals surface area contributed by atoms with Crippen molar-refractivity contribution in [3.8, 4) is 0 Å². The normalized spacial score (nSPS) is 11.9. The number of nitrogens with one attached hydrogen (secondary N) is 2. The van der Waals surface area contributed by atoms with Gasteiger partial charge in [0.15, 0.2) is 0 Å². The quantitative estimate of drug-likeness (QED) is 0.615. The lowest BCUT2D eigenvalue weighted by molar-refractivity contribution is -0.120. The van der Waals surface area contributed by atoms with E-state index in [1.807, 2.05) is 30.3 Å². The number of carbonyl (C=O) groups excluding carboxylic acids is 1. The van der Waals surface area contributed by atoms with Crippen LogP contribution in [0.2, 0.25) is 0 Å². The van der Waals surface area contributed by atoms with Gasteiger partial charge in [0.2, 0.25) is 26.0 Å². The van der Waals surface area contributed by atoms with E-state index in [0.717, 1.165) is 29.8 Å². The fourth-order valence-electron chi connectivity index (χ4n) is 1.91. The molecule has 2 rings (SSSR count). The Balaban J connectivity index is 1.93. The zero-order chi connectivity index (χ0) is 18.5. The second kappa shape index (κ2) is 7.74. The average Bonchev–Trinajstić information content (AvgIpc) is 2.58. The van der Waals surface area contributed by atoms with Crippen molar-refractivity contribution < 1.29 is 21.6 Å². The van der Waals surface area contributed by atoms with Gasteiger partial charge in [-0.15, -0.1) is 0 Å². The number of hydrogen-bond donors (Lipinski definition) is 3. The summed E-state index contributed by atoms with van der Waals surface area (Å²) in [6.45, 7) is -0.156. The lowest BCUT2D eigenvalue weighted by Gasteiger charge is -2.08. The van der Waals surface area contributed by atoms with Crippen molar-refractivity contribution >= 4 is 26.0 Å². The highest BCUT2D eigenvalue weighted by Gasteiger charge is 2.17. The molecule has 0 aliphatic heterocycles. The molecule has 0 bridgehead atoms. The van der Waals surface area contributed by atoms with Crippen LogP contribution in [0.15, 0.2) is 64.4 Å². The molecule has 0 unspecified atom stereocenters. The molecule has 0 saturated carbocycles. The SMILES string of the molecule is NS(=O)(=O)c1ccc(S(=O)(=O)NCC(=O)NCc2ccccc2)cc1. The number of rotatable bonds is 7. The number of carbonyl (C=O) groups is 1. The van der Waals surface area contributed by atoms with Crippen LogP contribution in [-0.4, -0.2) is 29.3 Å². The Labute approximate surface area is 146 Å². The molecule has 0 saturated heterocycles. The molecule has 0 radical (unpaired) electrons. The number of nitrogens with two attached hydrogens (primary N) is 1. The summed E-state index contributed by atoms with van der Waals surface area (Å²) in [5.41, 5.74) is 0.886. The number of amides is 1. The highest BCUT2D eigenvalue weighted by atomic mass is 32.2. The van der Waals surface area contributed by atoms with Crippen molar-refractivity contribution in [2.75, 3.05) is 6.54 Å². The van der Waals surface area contributed by atoms with Gasteiger partial charge in [-0.1, -0.05) is 30.3 Å². The molecule has 10 heteroatoms. The third-order valence-corrected chi connectivity index (χ3v) is 5.56. The van der Waals surface area contributed by atoms with Crippen LogP contribution < -0.4 is 15.2 Å². The van der Waals surface area contributed by atoms with Crippen LogP contribution in [0.25, 0.3) is 0 Å². The zero-order valence-corrected chi connectivity index (χ0v) is 14.7. The van der Waals surface area contributed by atoms with Crippen molar-refractivity contribution in [3.05, 3.63) is 60.2 Å². The molecule has 0 spiro atoms. The van der Waals surface area contributed by atoms with Gasteiger partial charge in [-0.25, -0.2) is 26.7 Å². The molecule has 134 valence electrons. The highest BCUT2D eigenvalue weighted by Crippen LogP contribution is 2.13. The largest absolute Gasteiger partial charge is 0.351 e. The fourth-order valence-corrected chi connectivity index (χ4v) is 3.41. The van der Waals surface area contributed by atoms with Crippen LogP contribution in [0.1, 0.15) is 5.56 Å². The van der Waals surface area contributed by atoms with Gasteiger partial charge in [0, 0.05) is 6.54 Å². The molecule has 4 N–H and O–H groups in total. The van der Waals surface area contributed by atoms with Crippen molar-refractivity contribution in [2.24, 2.45) is 5.14 Å². The van der Waals surface area contributed by atoms with E-state index < -0.39 is 32.5 Å². The summed E-state index contributed by atoms with van der Waals surface area (Å²) in [5.74, 6) is -0.492. The van der Waals surface area contributed by atoms with Crippen LogP contribution in [0.3, 0.4) is 0 Å². The summed E-state index contributed by atoms with van der Waals surface area (Å²) >= 11 is 0. The summed E-state index contributed by atoms with van der Waals surface area (Å²) in [4.78, 5) is 11.4. The van der Waals surface area contributed by atoms with Crippen LogP contribution in [0.4, 0.5) is 0 Å². The summed E-state index contributed by atoms with van der Waals surface area (Å²) < 4.78 is 48.7. The zero-order valence-electron chi connectivity index (χ0n) is 13.0. The number of primary sulfonamides is 1. The van der Waals surface area contributed by atoms with Crippen molar-refractivity contribution in [2.45, 2.75) is 16.3 Å². The first-order valence-corrected chi connectivity index (χ1v) is 10.1. The first-order chi connectivity index (χ1) is 11.7. The molecule has 25 heavy (non-hydrogen) atoms. The van der Waals surface area contributed by atoms with E-state index in [2.05, 4.69) is 10.0 Å². The van der Waals surface area contributed by atoms with Gasteiger partial charge in [-0.05, 0) is 29.8 Å². The van der Waals surface area contributed by atoms with E-state index in [9.17, 15) is 21.6 Å². The molecule has 0 atom stereocenters. The minimum absolute atomic E-state index is 0.171. The van der Waals surface area contributed by atoms with Crippen LogP contribution in [0, 0.1) is 0 Å². The maximum absolute atomic E-state index is 12.1. The van der Waals surface area contributed by atoms with E-state index in [0.29, 0.717) is 0 Å². The number of benzene rings is 2. The van der Waals surface area contributed by atoms with Gasteiger partial charge >= 0.3 is 0 Å². The Hall–Kier alpha value is -2.27. The molecule has 0 aliphatic carbocycles. The monoisotopic (exact) mass is 383 g/mol. The second-order valence-electron chi connectivity index (χ2n) is 5.10. The Morgan fingerprint density at radius 1 is 0.880 bits per heavy atom. The molecular weight excluding hydrogens is 366 g/mol. The van der Waals surface area contributed by atoms with Gasteiger partial charge in [-0.2, -0.15) is 0 Å². The Morgan fingerprint density at radius 2 is 1.44 bits per heavy atom. The predicted octanol–water partition coefficient (Wildman–Crippen LogP) is -0.0713. The summed E-state index contributed by atoms with van der Waals surface area (Å²) in [5, 5.41) is 7.54. The molecular formula is C15H17N3O5S2. The summed E-state index contributed by atoms with van der Waals surface area (Å²) in [7, 11) is -7.85. The summed E-state index contributed by atoms with van der Waals surface area (Å²) in [6.07, 6.45) is 0. The smallest absolute Gasteiger partial charge is 0.241 e. The first kappa shape index (κ1) is 19.1. The van der Waals surface area contributed by atoms with Gasteiger partial charge in [0.1, 0.15) is 0 Å². The van der Waals surface area contributed by atoms with Gasteiger partial charge in [0.05, 0.1) is 16.3 Å². The molecule has 2 aromatic carbocycles. The van der Waals surface area contributed by atoms with Crippen LogP contribution >= 0.6 is 0 Å². The minimum Gasteiger partial charge on any atom is -0.351 e. The Morgan fingerprint density at radius 3 is 2.00 bits per heavy atom. The lowest BCUT2D eigenvalue weighted by Crippen LogP contribution is -2.36. The van der Waals surface area contributed by atoms with Crippen LogP contribution in [-0.2, 0) is 31.4 Å². The number of sulfonamides is 2. The van der Waals surface area contributed by atoms with Crippen molar-refractivity contribution in [1.29, 1.82) is 0 Å². The molecule has 0 fully saturated rings. The lowest BCUT2D eigenvalue weighted by atomic mass is 10.2. The maximum atomic E-state index is 12.1.